The molecule has 3 atom stereocenters. The van der Waals surface area contributed by atoms with E-state index in [1.165, 1.54) is 6.07 Å². The number of fused-ring (bicyclic) bond motifs is 10. The first-order valence-electron chi connectivity index (χ1n) is 11.9. The molecule has 1 unspecified atom stereocenters. The number of aryl methyl sites for hydroxylation is 1. The monoisotopic (exact) mass is 488 g/mol. The molecule has 0 spiro atoms. The van der Waals surface area contributed by atoms with Gasteiger partial charge in [0.25, 0.3) is 5.91 Å². The van der Waals surface area contributed by atoms with Gasteiger partial charge in [-0.2, -0.15) is 8.78 Å². The molecule has 1 aliphatic carbocycles. The number of amides is 1. The third-order valence-corrected chi connectivity index (χ3v) is 7.66. The molecule has 2 aromatic heterocycles. The van der Waals surface area contributed by atoms with Crippen molar-refractivity contribution < 1.29 is 23.4 Å². The van der Waals surface area contributed by atoms with Crippen molar-refractivity contribution in [1.82, 2.24) is 19.9 Å². The summed E-state index contributed by atoms with van der Waals surface area (Å²) in [6.45, 7) is -1.21. The first-order valence-corrected chi connectivity index (χ1v) is 11.9. The number of nitrogens with one attached hydrogen (secondary N) is 1. The van der Waals surface area contributed by atoms with Gasteiger partial charge in [-0.15, -0.1) is 0 Å². The summed E-state index contributed by atoms with van der Waals surface area (Å²) >= 11 is 0. The minimum atomic E-state index is -3.00. The number of carbonyl (C=O) groups is 1. The Morgan fingerprint density at radius 2 is 2.08 bits per heavy atom. The highest BCUT2D eigenvalue weighted by Crippen LogP contribution is 2.48. The number of hydrogen-bond donors (Lipinski definition) is 2. The number of benzene rings is 2. The first kappa shape index (κ1) is 21.4. The van der Waals surface area contributed by atoms with Gasteiger partial charge >= 0.3 is 6.61 Å². The van der Waals surface area contributed by atoms with Crippen LogP contribution in [0.2, 0.25) is 0 Å². The van der Waals surface area contributed by atoms with Crippen molar-refractivity contribution in [2.45, 2.75) is 50.5 Å². The molecular formula is C27H22F2N4O3. The standard InChI is InChI=1S/C27H22F2N4O3/c1-27(35)8-7-14-9-15(12-30-23(14)27)13-5-6-17-19(10-13)33-20-11-18(24(33)31-17)32-25(34)16-3-2-4-21(22(16)20)36-26(28)29/h2-6,9-10,12,18,20,26,35H,7-8,11H2,1H3,(H,32,34)/t18-,20-,27?/m1/s1. The summed E-state index contributed by atoms with van der Waals surface area (Å²) < 4.78 is 33.4. The van der Waals surface area contributed by atoms with Gasteiger partial charge in [-0.1, -0.05) is 12.1 Å². The molecule has 0 saturated heterocycles. The Morgan fingerprint density at radius 1 is 1.22 bits per heavy atom. The van der Waals surface area contributed by atoms with Crippen LogP contribution in [0.3, 0.4) is 0 Å². The lowest BCUT2D eigenvalue weighted by molar-refractivity contribution is -0.0507. The van der Waals surface area contributed by atoms with Gasteiger partial charge in [-0.3, -0.25) is 9.78 Å². The topological polar surface area (TPSA) is 89.3 Å². The third-order valence-electron chi connectivity index (χ3n) is 7.66. The fraction of sp³-hybridized carbons (Fsp3) is 0.296. The van der Waals surface area contributed by atoms with Gasteiger partial charge in [0.05, 0.1) is 28.8 Å². The predicted octanol–water partition coefficient (Wildman–Crippen LogP) is 4.63. The molecule has 36 heavy (non-hydrogen) atoms. The number of aromatic nitrogens is 3. The van der Waals surface area contributed by atoms with E-state index in [4.69, 9.17) is 9.72 Å². The Kier molecular flexibility index (Phi) is 4.36. The van der Waals surface area contributed by atoms with Gasteiger partial charge in [0.1, 0.15) is 17.2 Å². The maximum atomic E-state index is 13.2. The van der Waals surface area contributed by atoms with Gasteiger partial charge in [0, 0.05) is 22.9 Å². The van der Waals surface area contributed by atoms with Crippen molar-refractivity contribution in [2.75, 3.05) is 0 Å². The minimum Gasteiger partial charge on any atom is -0.434 e. The van der Waals surface area contributed by atoms with Crippen molar-refractivity contribution >= 4 is 16.9 Å². The van der Waals surface area contributed by atoms with Crippen molar-refractivity contribution in [3.05, 3.63) is 76.9 Å². The van der Waals surface area contributed by atoms with Crippen LogP contribution in [0.1, 0.15) is 64.9 Å². The van der Waals surface area contributed by atoms with Crippen molar-refractivity contribution in [3.8, 4) is 16.9 Å². The molecule has 4 aromatic rings. The van der Waals surface area contributed by atoms with E-state index < -0.39 is 12.2 Å². The summed E-state index contributed by atoms with van der Waals surface area (Å²) in [5.74, 6) is 0.376. The first-order chi connectivity index (χ1) is 17.3. The molecule has 2 aromatic carbocycles. The third kappa shape index (κ3) is 3.02. The molecule has 0 saturated carbocycles. The van der Waals surface area contributed by atoms with E-state index in [0.717, 1.165) is 39.8 Å². The number of rotatable bonds is 3. The summed E-state index contributed by atoms with van der Waals surface area (Å²) in [6, 6.07) is 11.9. The zero-order valence-corrected chi connectivity index (χ0v) is 19.3. The molecule has 182 valence electrons. The maximum absolute atomic E-state index is 13.2. The Hall–Kier alpha value is -3.85. The molecule has 7 rings (SSSR count). The van der Waals surface area contributed by atoms with Crippen LogP contribution in [-0.4, -0.2) is 32.2 Å². The molecular weight excluding hydrogens is 466 g/mol. The Bertz CT molecular complexity index is 1580. The zero-order valence-electron chi connectivity index (χ0n) is 19.3. The summed E-state index contributed by atoms with van der Waals surface area (Å²) in [4.78, 5) is 22.3. The lowest BCUT2D eigenvalue weighted by Crippen LogP contribution is -2.28. The van der Waals surface area contributed by atoms with Crippen LogP contribution in [0.15, 0.2) is 48.7 Å². The average molecular weight is 488 g/mol. The fourth-order valence-electron chi connectivity index (χ4n) is 6.03. The van der Waals surface area contributed by atoms with Crippen LogP contribution in [0.25, 0.3) is 22.2 Å². The number of ether oxygens (including phenoxy) is 1. The molecule has 4 heterocycles. The summed E-state index contributed by atoms with van der Waals surface area (Å²) in [5, 5.41) is 13.6. The Balaban J connectivity index is 1.39. The van der Waals surface area contributed by atoms with Crippen LogP contribution in [-0.2, 0) is 12.0 Å². The van der Waals surface area contributed by atoms with E-state index in [1.807, 2.05) is 22.8 Å². The zero-order chi connectivity index (χ0) is 24.8. The van der Waals surface area contributed by atoms with E-state index in [-0.39, 0.29) is 23.7 Å². The van der Waals surface area contributed by atoms with Gasteiger partial charge in [-0.05, 0) is 67.6 Å². The highest BCUT2D eigenvalue weighted by atomic mass is 19.3. The van der Waals surface area contributed by atoms with Gasteiger partial charge in [0.2, 0.25) is 0 Å². The largest absolute Gasteiger partial charge is 0.434 e. The summed E-state index contributed by atoms with van der Waals surface area (Å²) in [5.41, 5.74) is 5.10. The number of aliphatic hydroxyl groups is 1. The van der Waals surface area contributed by atoms with E-state index in [2.05, 4.69) is 16.4 Å². The van der Waals surface area contributed by atoms with E-state index in [1.54, 1.807) is 25.3 Å². The number of halogens is 2. The summed E-state index contributed by atoms with van der Waals surface area (Å²) in [6.07, 6.45) is 3.68. The van der Waals surface area contributed by atoms with E-state index >= 15 is 0 Å². The van der Waals surface area contributed by atoms with Crippen LogP contribution < -0.4 is 10.1 Å². The molecule has 3 aliphatic rings. The van der Waals surface area contributed by atoms with E-state index in [9.17, 15) is 18.7 Å². The molecule has 2 bridgehead atoms. The lowest BCUT2D eigenvalue weighted by Gasteiger charge is -2.21. The van der Waals surface area contributed by atoms with Gasteiger partial charge in [-0.25, -0.2) is 4.98 Å². The molecule has 2 N–H and O–H groups in total. The average Bonchev–Trinajstić information content (AvgIpc) is 3.45. The Morgan fingerprint density at radius 3 is 2.92 bits per heavy atom. The Labute approximate surface area is 204 Å². The molecule has 0 radical (unpaired) electrons. The maximum Gasteiger partial charge on any atom is 0.387 e. The van der Waals surface area contributed by atoms with E-state index in [0.29, 0.717) is 29.8 Å². The molecule has 2 aliphatic heterocycles. The highest BCUT2D eigenvalue weighted by molar-refractivity contribution is 5.98. The van der Waals surface area contributed by atoms with Crippen LogP contribution >= 0.6 is 0 Å². The predicted molar refractivity (Wildman–Crippen MR) is 127 cm³/mol. The quantitative estimate of drug-likeness (QED) is 0.439. The van der Waals surface area contributed by atoms with Crippen LogP contribution in [0, 0.1) is 0 Å². The molecule has 1 amide bonds. The van der Waals surface area contributed by atoms with Crippen LogP contribution in [0.5, 0.6) is 5.75 Å². The molecule has 0 fully saturated rings. The highest BCUT2D eigenvalue weighted by Gasteiger charge is 2.42. The van der Waals surface area contributed by atoms with Crippen molar-refractivity contribution in [1.29, 1.82) is 0 Å². The molecule has 9 heteroatoms. The minimum absolute atomic E-state index is 0.00373. The SMILES string of the molecule is CC1(O)CCc2cc(-c3ccc4nc5n(c4c3)[C@@H]3C[C@H]5NC(=O)c4cccc(OC(F)F)c43)cnc21. The number of nitrogens with zero attached hydrogens (tertiary/aromatic N) is 3. The number of alkyl halides is 2. The van der Waals surface area contributed by atoms with Crippen LogP contribution in [0.4, 0.5) is 8.78 Å². The smallest absolute Gasteiger partial charge is 0.387 e. The normalized spacial score (nSPS) is 23.9. The number of imidazole rings is 1. The van der Waals surface area contributed by atoms with Crippen molar-refractivity contribution in [3.63, 3.8) is 0 Å². The van der Waals surface area contributed by atoms with Gasteiger partial charge in [0.15, 0.2) is 0 Å². The second kappa shape index (κ2) is 7.33. The van der Waals surface area contributed by atoms with Gasteiger partial charge < -0.3 is 19.7 Å². The molecule has 7 nitrogen and oxygen atoms in total. The number of pyridine rings is 1. The van der Waals surface area contributed by atoms with Crippen molar-refractivity contribution in [2.24, 2.45) is 0 Å². The second-order valence-electron chi connectivity index (χ2n) is 9.92. The summed E-state index contributed by atoms with van der Waals surface area (Å²) in [7, 11) is 0. The fourth-order valence-corrected chi connectivity index (χ4v) is 6.03. The number of carbonyl (C=O) groups excluding carboxylic acids is 1. The number of hydrogen-bond acceptors (Lipinski definition) is 5. The lowest BCUT2D eigenvalue weighted by atomic mass is 9.97. The second-order valence-corrected chi connectivity index (χ2v) is 9.92.